The number of amides is 1. The predicted octanol–water partition coefficient (Wildman–Crippen LogP) is 1.03. The second kappa shape index (κ2) is 6.89. The number of methoxy groups -OCH3 is 1. The average molecular weight is 270 g/mol. The van der Waals surface area contributed by atoms with Crippen LogP contribution in [0.2, 0.25) is 0 Å². The number of carbonyl (C=O) groups excluding carboxylic acids is 2. The van der Waals surface area contributed by atoms with Crippen LogP contribution < -0.4 is 5.32 Å². The maximum absolute atomic E-state index is 11.8. The van der Waals surface area contributed by atoms with Gasteiger partial charge in [-0.05, 0) is 20.3 Å². The zero-order chi connectivity index (χ0) is 14.6. The van der Waals surface area contributed by atoms with Crippen molar-refractivity contribution in [1.29, 1.82) is 0 Å². The van der Waals surface area contributed by atoms with Crippen LogP contribution in [-0.4, -0.2) is 49.1 Å². The molecule has 1 saturated heterocycles. The number of nitrogens with one attached hydrogen (secondary N) is 1. The van der Waals surface area contributed by atoms with Crippen LogP contribution in [0.25, 0.3) is 0 Å². The van der Waals surface area contributed by atoms with Crippen molar-refractivity contribution in [2.45, 2.75) is 46.2 Å². The average Bonchev–Trinajstić information content (AvgIpc) is 2.37. The number of esters is 1. The molecule has 19 heavy (non-hydrogen) atoms. The van der Waals surface area contributed by atoms with Gasteiger partial charge in [0, 0.05) is 31.1 Å². The highest BCUT2D eigenvalue weighted by molar-refractivity contribution is 5.78. The Balaban J connectivity index is 2.70. The number of nitrogens with zero attached hydrogens (tertiary/aromatic N) is 1. The molecule has 2 unspecified atom stereocenters. The Morgan fingerprint density at radius 3 is 2.32 bits per heavy atom. The Bertz CT molecular complexity index is 329. The fourth-order valence-corrected chi connectivity index (χ4v) is 2.36. The first-order chi connectivity index (χ1) is 8.85. The van der Waals surface area contributed by atoms with Crippen LogP contribution in [0.5, 0.6) is 0 Å². The van der Waals surface area contributed by atoms with Crippen LogP contribution in [0.4, 0.5) is 0 Å². The molecule has 1 N–H and O–H groups in total. The minimum Gasteiger partial charge on any atom is -0.469 e. The van der Waals surface area contributed by atoms with Crippen LogP contribution in [0.3, 0.4) is 0 Å². The molecule has 1 amide bonds. The number of ether oxygens (including phenoxy) is 1. The normalized spacial score (nSPS) is 24.6. The molecule has 1 aliphatic rings. The summed E-state index contributed by atoms with van der Waals surface area (Å²) in [5.41, 5.74) is 0. The van der Waals surface area contributed by atoms with Crippen LogP contribution in [0.1, 0.15) is 34.1 Å². The third-order valence-electron chi connectivity index (χ3n) is 3.61. The van der Waals surface area contributed by atoms with E-state index in [1.165, 1.54) is 7.11 Å². The molecule has 1 fully saturated rings. The Morgan fingerprint density at radius 1 is 1.21 bits per heavy atom. The first-order valence-electron chi connectivity index (χ1n) is 6.97. The van der Waals surface area contributed by atoms with E-state index in [-0.39, 0.29) is 29.8 Å². The standard InChI is InChI=1S/C14H26N2O3/c1-9(2)13(17)15-12-6-11(14(18)19-5)7-16(8-12)10(3)4/h9-12H,6-8H2,1-5H3,(H,15,17). The number of hydrogen-bond donors (Lipinski definition) is 1. The van der Waals surface area contributed by atoms with Gasteiger partial charge in [0.25, 0.3) is 0 Å². The lowest BCUT2D eigenvalue weighted by molar-refractivity contribution is -0.148. The van der Waals surface area contributed by atoms with Gasteiger partial charge in [0.1, 0.15) is 0 Å². The van der Waals surface area contributed by atoms with Gasteiger partial charge in [-0.2, -0.15) is 0 Å². The quantitative estimate of drug-likeness (QED) is 0.775. The van der Waals surface area contributed by atoms with E-state index < -0.39 is 0 Å². The maximum Gasteiger partial charge on any atom is 0.310 e. The van der Waals surface area contributed by atoms with Crippen LogP contribution >= 0.6 is 0 Å². The van der Waals surface area contributed by atoms with E-state index in [2.05, 4.69) is 24.1 Å². The molecule has 5 heteroatoms. The first-order valence-corrected chi connectivity index (χ1v) is 6.97. The Kier molecular flexibility index (Phi) is 5.79. The summed E-state index contributed by atoms with van der Waals surface area (Å²) in [4.78, 5) is 25.7. The van der Waals surface area contributed by atoms with Gasteiger partial charge in [-0.25, -0.2) is 0 Å². The summed E-state index contributed by atoms with van der Waals surface area (Å²) in [5, 5.41) is 3.02. The second-order valence-electron chi connectivity index (χ2n) is 5.86. The number of rotatable bonds is 4. The molecule has 0 bridgehead atoms. The van der Waals surface area contributed by atoms with Gasteiger partial charge >= 0.3 is 5.97 Å². The Morgan fingerprint density at radius 2 is 1.84 bits per heavy atom. The molecule has 1 rings (SSSR count). The van der Waals surface area contributed by atoms with Gasteiger partial charge < -0.3 is 10.1 Å². The van der Waals surface area contributed by atoms with Crippen molar-refractivity contribution >= 4 is 11.9 Å². The highest BCUT2D eigenvalue weighted by Crippen LogP contribution is 2.20. The summed E-state index contributed by atoms with van der Waals surface area (Å²) in [6, 6.07) is 0.376. The van der Waals surface area contributed by atoms with E-state index >= 15 is 0 Å². The number of carbonyl (C=O) groups is 2. The number of hydrogen-bond acceptors (Lipinski definition) is 4. The van der Waals surface area contributed by atoms with E-state index in [9.17, 15) is 9.59 Å². The number of likely N-dealkylation sites (tertiary alicyclic amines) is 1. The summed E-state index contributed by atoms with van der Waals surface area (Å²) in [6.07, 6.45) is 0.661. The highest BCUT2D eigenvalue weighted by atomic mass is 16.5. The van der Waals surface area contributed by atoms with Gasteiger partial charge in [0.2, 0.25) is 5.91 Å². The largest absolute Gasteiger partial charge is 0.469 e. The van der Waals surface area contributed by atoms with E-state index in [1.54, 1.807) is 0 Å². The Hall–Kier alpha value is -1.10. The molecule has 2 atom stereocenters. The molecule has 0 spiro atoms. The lowest BCUT2D eigenvalue weighted by Crippen LogP contribution is -2.54. The van der Waals surface area contributed by atoms with Crippen LogP contribution in [0.15, 0.2) is 0 Å². The van der Waals surface area contributed by atoms with E-state index in [4.69, 9.17) is 4.74 Å². The zero-order valence-electron chi connectivity index (χ0n) is 12.6. The van der Waals surface area contributed by atoms with Gasteiger partial charge in [-0.3, -0.25) is 14.5 Å². The van der Waals surface area contributed by atoms with Gasteiger partial charge in [-0.15, -0.1) is 0 Å². The first kappa shape index (κ1) is 16.0. The fourth-order valence-electron chi connectivity index (χ4n) is 2.36. The zero-order valence-corrected chi connectivity index (χ0v) is 12.6. The molecule has 1 heterocycles. The lowest BCUT2D eigenvalue weighted by Gasteiger charge is -2.39. The van der Waals surface area contributed by atoms with Crippen molar-refractivity contribution in [2.24, 2.45) is 11.8 Å². The van der Waals surface area contributed by atoms with E-state index in [1.807, 2.05) is 13.8 Å². The molecular weight excluding hydrogens is 244 g/mol. The molecule has 0 aliphatic carbocycles. The SMILES string of the molecule is COC(=O)C1CC(NC(=O)C(C)C)CN(C(C)C)C1. The third kappa shape index (κ3) is 4.49. The smallest absolute Gasteiger partial charge is 0.310 e. The molecular formula is C14H26N2O3. The minimum atomic E-state index is -0.186. The van der Waals surface area contributed by atoms with Crippen molar-refractivity contribution in [3.63, 3.8) is 0 Å². The molecule has 5 nitrogen and oxygen atoms in total. The van der Waals surface area contributed by atoms with Gasteiger partial charge in [-0.1, -0.05) is 13.8 Å². The molecule has 0 aromatic rings. The minimum absolute atomic E-state index is 0.0233. The Labute approximate surface area is 115 Å². The summed E-state index contributed by atoms with van der Waals surface area (Å²) in [5.74, 6) is -0.335. The van der Waals surface area contributed by atoms with E-state index in [0.717, 1.165) is 6.54 Å². The second-order valence-corrected chi connectivity index (χ2v) is 5.86. The van der Waals surface area contributed by atoms with Gasteiger partial charge in [0.05, 0.1) is 13.0 Å². The number of piperidine rings is 1. The van der Waals surface area contributed by atoms with Gasteiger partial charge in [0.15, 0.2) is 0 Å². The molecule has 0 aromatic carbocycles. The summed E-state index contributed by atoms with van der Waals surface area (Å²) >= 11 is 0. The highest BCUT2D eigenvalue weighted by Gasteiger charge is 2.34. The van der Waals surface area contributed by atoms with Crippen LogP contribution in [-0.2, 0) is 14.3 Å². The van der Waals surface area contributed by atoms with Crippen molar-refractivity contribution < 1.29 is 14.3 Å². The van der Waals surface area contributed by atoms with Crippen molar-refractivity contribution in [1.82, 2.24) is 10.2 Å². The lowest BCUT2D eigenvalue weighted by atomic mass is 9.93. The molecule has 0 saturated carbocycles. The third-order valence-corrected chi connectivity index (χ3v) is 3.61. The monoisotopic (exact) mass is 270 g/mol. The maximum atomic E-state index is 11.8. The molecule has 1 aliphatic heterocycles. The molecule has 110 valence electrons. The summed E-state index contributed by atoms with van der Waals surface area (Å²) in [6.45, 7) is 9.44. The fraction of sp³-hybridized carbons (Fsp3) is 0.857. The van der Waals surface area contributed by atoms with Crippen LogP contribution in [0, 0.1) is 11.8 Å². The predicted molar refractivity (Wildman–Crippen MR) is 73.6 cm³/mol. The van der Waals surface area contributed by atoms with Crippen molar-refractivity contribution in [2.75, 3.05) is 20.2 Å². The molecule has 0 radical (unpaired) electrons. The summed E-state index contributed by atoms with van der Waals surface area (Å²) < 4.78 is 4.84. The molecule has 0 aromatic heterocycles. The van der Waals surface area contributed by atoms with Crippen molar-refractivity contribution in [3.8, 4) is 0 Å². The van der Waals surface area contributed by atoms with E-state index in [0.29, 0.717) is 19.0 Å². The topological polar surface area (TPSA) is 58.6 Å². The summed E-state index contributed by atoms with van der Waals surface area (Å²) in [7, 11) is 1.42. The van der Waals surface area contributed by atoms with Crippen molar-refractivity contribution in [3.05, 3.63) is 0 Å².